The van der Waals surface area contributed by atoms with E-state index in [9.17, 15) is 30.6 Å². The smallest absolute Gasteiger partial charge is 0.218 e. The third-order valence-corrected chi connectivity index (χ3v) is 13.3. The quantitative estimate of drug-likeness (QED) is 0.0366. The number of phenolic OH excluding ortho intramolecular Hbond substituents is 3. The molecular formula is C60H48N8O8. The summed E-state index contributed by atoms with van der Waals surface area (Å²) in [6.45, 7) is 11.1. The lowest BCUT2D eigenvalue weighted by Gasteiger charge is -2.08. The van der Waals surface area contributed by atoms with Crippen molar-refractivity contribution < 1.29 is 38.9 Å². The van der Waals surface area contributed by atoms with Crippen LogP contribution in [0, 0.1) is 53.0 Å². The molecule has 0 bridgehead atoms. The molecule has 12 aromatic rings. The minimum atomic E-state index is 0.196. The summed E-state index contributed by atoms with van der Waals surface area (Å²) in [5.41, 5.74) is 15.1. The Labute approximate surface area is 434 Å². The Morgan fingerprint density at radius 2 is 0.789 bits per heavy atom. The highest BCUT2D eigenvalue weighted by atomic mass is 16.5. The van der Waals surface area contributed by atoms with E-state index in [1.165, 1.54) is 6.34 Å². The van der Waals surface area contributed by atoms with Crippen LogP contribution in [0.1, 0.15) is 34.4 Å². The van der Waals surface area contributed by atoms with Gasteiger partial charge < -0.3 is 34.1 Å². The Hall–Kier alpha value is -10.4. The molecule has 16 heteroatoms. The van der Waals surface area contributed by atoms with E-state index in [-0.39, 0.29) is 17.2 Å². The molecule has 0 aliphatic heterocycles. The Bertz CT molecular complexity index is 4140. The molecule has 0 unspecified atom stereocenters. The van der Waals surface area contributed by atoms with Gasteiger partial charge in [0.25, 0.3) is 0 Å². The number of para-hydroxylation sites is 3. The zero-order chi connectivity index (χ0) is 53.4. The summed E-state index contributed by atoms with van der Waals surface area (Å²) >= 11 is 0. The fraction of sp³-hybridized carbons (Fsp3) is 0.100. The van der Waals surface area contributed by atoms with Gasteiger partial charge in [-0.2, -0.15) is 5.26 Å². The normalized spacial score (nSPS) is 11.2. The largest absolute Gasteiger partial charge is 0.508 e. The zero-order valence-corrected chi connectivity index (χ0v) is 42.0. The maximum atomic E-state index is 11.9. The van der Waals surface area contributed by atoms with Crippen LogP contribution in [0.3, 0.4) is 0 Å². The number of rotatable bonds is 8. The lowest BCUT2D eigenvalue weighted by molar-refractivity contribution is 0.320. The second-order valence-corrected chi connectivity index (χ2v) is 18.0. The first-order chi connectivity index (χ1) is 36.8. The number of phenols is 3. The van der Waals surface area contributed by atoms with Gasteiger partial charge in [0.1, 0.15) is 40.9 Å². The van der Waals surface area contributed by atoms with Crippen LogP contribution in [-0.4, -0.2) is 62.4 Å². The van der Waals surface area contributed by atoms with Crippen molar-refractivity contribution in [3.05, 3.63) is 180 Å². The number of benzene rings is 6. The number of nitriles is 1. The lowest BCUT2D eigenvalue weighted by atomic mass is 9.97. The minimum absolute atomic E-state index is 0.196. The number of hydrogen-bond donors (Lipinski definition) is 4. The monoisotopic (exact) mass is 1010 g/mol. The minimum Gasteiger partial charge on any atom is -0.508 e. The van der Waals surface area contributed by atoms with E-state index < -0.39 is 0 Å². The molecule has 76 heavy (non-hydrogen) atoms. The van der Waals surface area contributed by atoms with Crippen LogP contribution in [0.5, 0.6) is 17.2 Å². The van der Waals surface area contributed by atoms with Crippen molar-refractivity contribution in [1.29, 1.82) is 5.26 Å². The molecule has 16 nitrogen and oxygen atoms in total. The van der Waals surface area contributed by atoms with Gasteiger partial charge in [-0.15, -0.1) is 0 Å². The van der Waals surface area contributed by atoms with Gasteiger partial charge in [0.2, 0.25) is 6.41 Å². The van der Waals surface area contributed by atoms with Crippen molar-refractivity contribution in [2.75, 3.05) is 0 Å². The van der Waals surface area contributed by atoms with Crippen molar-refractivity contribution in [3.63, 3.8) is 0 Å². The number of aromatic hydroxyl groups is 3. The number of carbonyl (C=O) groups excluding carboxylic acids is 1. The summed E-state index contributed by atoms with van der Waals surface area (Å²) in [6, 6.07) is 44.4. The van der Waals surface area contributed by atoms with E-state index in [1.54, 1.807) is 45.5 Å². The van der Waals surface area contributed by atoms with Crippen LogP contribution in [-0.2, 0) is 4.79 Å². The molecular weight excluding hydrogens is 961 g/mol. The van der Waals surface area contributed by atoms with Gasteiger partial charge in [0.15, 0.2) is 6.19 Å². The number of aryl methyl sites for hydroxylation is 6. The van der Waals surface area contributed by atoms with Crippen LogP contribution in [0.4, 0.5) is 0 Å². The number of nitrogens with zero attached hydrogens (tertiary/aromatic N) is 8. The Morgan fingerprint density at radius 1 is 0.461 bits per heavy atom. The molecule has 6 heterocycles. The summed E-state index contributed by atoms with van der Waals surface area (Å²) in [5.74, 6) is 2.60. The highest BCUT2D eigenvalue weighted by molar-refractivity contribution is 6.10. The predicted molar refractivity (Wildman–Crippen MR) is 291 cm³/mol. The molecule has 6 aromatic heterocycles. The van der Waals surface area contributed by atoms with Gasteiger partial charge in [-0.1, -0.05) is 112 Å². The fourth-order valence-corrected chi connectivity index (χ4v) is 10.1. The Morgan fingerprint density at radius 3 is 1.14 bits per heavy atom. The number of aromatic nitrogens is 6. The summed E-state index contributed by atoms with van der Waals surface area (Å²) < 4.78 is 21.1. The first kappa shape index (κ1) is 49.2. The maximum Gasteiger partial charge on any atom is 0.218 e. The lowest BCUT2D eigenvalue weighted by Crippen LogP contribution is -2.00. The summed E-state index contributed by atoms with van der Waals surface area (Å²) in [5, 5.41) is 66.3. The molecule has 0 aliphatic carbocycles. The van der Waals surface area contributed by atoms with Gasteiger partial charge in [-0.05, 0) is 113 Å². The molecule has 376 valence electrons. The molecule has 12 rings (SSSR count). The van der Waals surface area contributed by atoms with Gasteiger partial charge in [0, 0.05) is 32.8 Å². The topological polar surface area (TPSA) is 227 Å². The predicted octanol–water partition coefficient (Wildman–Crippen LogP) is 13.5. The van der Waals surface area contributed by atoms with Gasteiger partial charge in [0.05, 0.1) is 67.4 Å². The van der Waals surface area contributed by atoms with Crippen molar-refractivity contribution >= 4 is 45.5 Å². The van der Waals surface area contributed by atoms with Crippen LogP contribution in [0.25, 0.3) is 99.9 Å². The Balaban J connectivity index is 0.000000130. The summed E-state index contributed by atoms with van der Waals surface area (Å²) in [6.07, 6.45) is 4.46. The van der Waals surface area contributed by atoms with Gasteiger partial charge in [-0.3, -0.25) is 13.9 Å². The average molecular weight is 1010 g/mol. The molecule has 0 radical (unpaired) electrons. The van der Waals surface area contributed by atoms with E-state index in [2.05, 4.69) is 26.8 Å². The van der Waals surface area contributed by atoms with Crippen LogP contribution in [0.15, 0.2) is 164 Å². The molecule has 0 saturated carbocycles. The first-order valence-corrected chi connectivity index (χ1v) is 23.9. The van der Waals surface area contributed by atoms with Crippen LogP contribution in [0.2, 0.25) is 0 Å². The van der Waals surface area contributed by atoms with Gasteiger partial charge in [-0.25, -0.2) is 4.57 Å². The molecule has 0 saturated heterocycles. The second-order valence-electron chi connectivity index (χ2n) is 18.0. The molecule has 6 aromatic carbocycles. The van der Waals surface area contributed by atoms with Crippen molar-refractivity contribution in [2.45, 2.75) is 41.5 Å². The number of oxime groups is 1. The van der Waals surface area contributed by atoms with Crippen LogP contribution < -0.4 is 0 Å². The molecule has 0 amide bonds. The van der Waals surface area contributed by atoms with E-state index >= 15 is 0 Å². The highest BCUT2D eigenvalue weighted by Gasteiger charge is 2.28. The third-order valence-electron chi connectivity index (χ3n) is 13.3. The molecule has 0 fully saturated rings. The fourth-order valence-electron chi connectivity index (χ4n) is 10.1. The van der Waals surface area contributed by atoms with Crippen molar-refractivity contribution in [1.82, 2.24) is 29.2 Å². The zero-order valence-electron chi connectivity index (χ0n) is 42.0. The number of fused-ring (bicyclic) bond motifs is 3. The van der Waals surface area contributed by atoms with E-state index in [4.69, 9.17) is 13.6 Å². The third kappa shape index (κ3) is 8.56. The first-order valence-electron chi connectivity index (χ1n) is 23.9. The number of hydrogen-bond acceptors (Lipinski definition) is 13. The van der Waals surface area contributed by atoms with E-state index in [0.717, 1.165) is 123 Å². The summed E-state index contributed by atoms with van der Waals surface area (Å²) in [7, 11) is 0. The van der Waals surface area contributed by atoms with E-state index in [0.29, 0.717) is 17.3 Å². The standard InChI is InChI=1S/C20H17N3O3.C20H15N3O2.C20H16N2O3/c1-12-18(13(2)26-22-12)20-19(14-7-9-15(24)10-8-14)16-5-3-4-6-17(16)23(20)11-21-25;1-12-18(13(2)25-22-12)20-19(14-7-9-15(24)10-8-14)16-5-3-4-6-17(16)23(20)11-21;1-12-18(13(2)25-21-12)20-19(14-7-9-15(24)10-8-14)16-5-3-4-6-17(16)22(20)11-23/h3-11,24-25H,1-2H3;3-10,24H,1-2H3;3-11,24H,1-2H3. The SMILES string of the molecule is Cc1noc(C)c1-c1c(-c2ccc(O)cc2)c2ccccc2n1C#N.Cc1noc(C)c1-c1c(-c2ccc(O)cc2)c2ccccc2n1C=NO.Cc1noc(C)c1-c1c(-c2ccc(O)cc2)c2ccccc2n1C=O. The van der Waals surface area contributed by atoms with Crippen LogP contribution >= 0.6 is 0 Å². The summed E-state index contributed by atoms with van der Waals surface area (Å²) in [4.78, 5) is 11.9. The van der Waals surface area contributed by atoms with Gasteiger partial charge >= 0.3 is 0 Å². The van der Waals surface area contributed by atoms with Crippen molar-refractivity contribution in [3.8, 4) is 90.6 Å². The second kappa shape index (κ2) is 20.2. The maximum absolute atomic E-state index is 11.9. The molecule has 0 aliphatic rings. The highest BCUT2D eigenvalue weighted by Crippen LogP contribution is 2.46. The number of carbonyl (C=O) groups is 1. The molecule has 0 spiro atoms. The molecule has 0 atom stereocenters. The average Bonchev–Trinajstić information content (AvgIpc) is 4.29. The van der Waals surface area contributed by atoms with Crippen molar-refractivity contribution in [2.24, 2.45) is 5.16 Å². The molecule has 4 N–H and O–H groups in total. The Kier molecular flexibility index (Phi) is 13.1. The van der Waals surface area contributed by atoms with E-state index in [1.807, 2.05) is 155 Å².